The zero-order valence-electron chi connectivity index (χ0n) is 20.3. The van der Waals surface area contributed by atoms with Crippen LogP contribution in [0.4, 0.5) is 0 Å². The van der Waals surface area contributed by atoms with E-state index in [9.17, 15) is 10.2 Å². The Hall–Kier alpha value is -1.96. The van der Waals surface area contributed by atoms with Gasteiger partial charge in [-0.05, 0) is 84.7 Å². The van der Waals surface area contributed by atoms with E-state index < -0.39 is 0 Å². The van der Waals surface area contributed by atoms with E-state index in [0.29, 0.717) is 23.3 Å². The summed E-state index contributed by atoms with van der Waals surface area (Å²) in [5.41, 5.74) is 5.14. The molecule has 0 atom stereocenters. The smallest absolute Gasteiger partial charge is 0.119 e. The molecule has 0 heterocycles. The van der Waals surface area contributed by atoms with Crippen molar-refractivity contribution in [1.29, 1.82) is 0 Å². The molecule has 0 amide bonds. The molecule has 2 nitrogen and oxygen atoms in total. The summed E-state index contributed by atoms with van der Waals surface area (Å²) in [6, 6.07) is 13.1. The van der Waals surface area contributed by atoms with Crippen LogP contribution in [-0.4, -0.2) is 10.2 Å². The average Bonchev–Trinajstić information content (AvgIpc) is 3.13. The van der Waals surface area contributed by atoms with Crippen LogP contribution in [0.15, 0.2) is 36.4 Å². The van der Waals surface area contributed by atoms with Gasteiger partial charge in [0.05, 0.1) is 0 Å². The van der Waals surface area contributed by atoms with Gasteiger partial charge in [-0.1, -0.05) is 88.5 Å². The maximum Gasteiger partial charge on any atom is 0.119 e. The van der Waals surface area contributed by atoms with Gasteiger partial charge in [-0.25, -0.2) is 0 Å². The summed E-state index contributed by atoms with van der Waals surface area (Å²) >= 11 is 0. The first kappa shape index (κ1) is 22.8. The van der Waals surface area contributed by atoms with E-state index in [1.54, 1.807) is 0 Å². The number of benzene rings is 2. The second-order valence-corrected chi connectivity index (χ2v) is 11.2. The van der Waals surface area contributed by atoms with Crippen molar-refractivity contribution < 1.29 is 10.2 Å². The number of phenols is 2. The summed E-state index contributed by atoms with van der Waals surface area (Å²) in [6.07, 6.45) is 20.0. The van der Waals surface area contributed by atoms with E-state index in [1.807, 2.05) is 12.1 Å². The molecule has 2 N–H and O–H groups in total. The van der Waals surface area contributed by atoms with Crippen LogP contribution in [0.25, 0.3) is 0 Å². The van der Waals surface area contributed by atoms with Gasteiger partial charge in [0.1, 0.15) is 11.5 Å². The van der Waals surface area contributed by atoms with Gasteiger partial charge < -0.3 is 10.2 Å². The van der Waals surface area contributed by atoms with E-state index in [2.05, 4.69) is 24.3 Å². The number of aromatic hydroxyl groups is 2. The lowest BCUT2D eigenvalue weighted by Crippen LogP contribution is -2.28. The molecule has 0 spiro atoms. The van der Waals surface area contributed by atoms with Crippen LogP contribution in [0, 0.1) is 0 Å². The first-order valence-corrected chi connectivity index (χ1v) is 13.8. The summed E-state index contributed by atoms with van der Waals surface area (Å²) < 4.78 is 0. The molecule has 33 heavy (non-hydrogen) atoms. The lowest BCUT2D eigenvalue weighted by Gasteiger charge is -2.36. The third-order valence-electron chi connectivity index (χ3n) is 9.21. The van der Waals surface area contributed by atoms with Gasteiger partial charge in [0.15, 0.2) is 0 Å². The molecule has 5 rings (SSSR count). The third-order valence-corrected chi connectivity index (χ3v) is 9.21. The van der Waals surface area contributed by atoms with E-state index in [-0.39, 0.29) is 5.41 Å². The zero-order valence-corrected chi connectivity index (χ0v) is 20.3. The van der Waals surface area contributed by atoms with Gasteiger partial charge in [-0.2, -0.15) is 0 Å². The molecule has 0 unspecified atom stereocenters. The van der Waals surface area contributed by atoms with Crippen LogP contribution in [0.2, 0.25) is 0 Å². The molecule has 3 saturated carbocycles. The summed E-state index contributed by atoms with van der Waals surface area (Å²) in [5.74, 6) is 1.98. The van der Waals surface area contributed by atoms with Crippen LogP contribution < -0.4 is 0 Å². The SMILES string of the molecule is Oc1ccc(C2(c3ccc(O)c(C4CCCCC4)c3)CCCCCC2)cc1C1CCCCC1. The van der Waals surface area contributed by atoms with Crippen LogP contribution in [0.1, 0.15) is 137 Å². The molecule has 178 valence electrons. The Morgan fingerprint density at radius 2 is 0.909 bits per heavy atom. The Balaban J connectivity index is 1.58. The Labute approximate surface area is 200 Å². The number of hydrogen-bond acceptors (Lipinski definition) is 2. The molecular weight excluding hydrogens is 404 g/mol. The van der Waals surface area contributed by atoms with Crippen LogP contribution >= 0.6 is 0 Å². The molecule has 0 bridgehead atoms. The third kappa shape index (κ3) is 4.68. The first-order chi connectivity index (χ1) is 16.2. The molecule has 2 aromatic carbocycles. The lowest BCUT2D eigenvalue weighted by molar-refractivity contribution is 0.405. The summed E-state index contributed by atoms with van der Waals surface area (Å²) in [5, 5.41) is 21.6. The first-order valence-electron chi connectivity index (χ1n) is 13.8. The highest BCUT2D eigenvalue weighted by Gasteiger charge is 2.36. The van der Waals surface area contributed by atoms with Crippen molar-refractivity contribution in [2.24, 2.45) is 0 Å². The van der Waals surface area contributed by atoms with E-state index >= 15 is 0 Å². The van der Waals surface area contributed by atoms with Gasteiger partial charge in [-0.15, -0.1) is 0 Å². The summed E-state index contributed by atoms with van der Waals surface area (Å²) in [4.78, 5) is 0. The maximum absolute atomic E-state index is 10.8. The molecule has 3 aliphatic carbocycles. The number of phenolic OH excluding ortho intramolecular Hbond substituents is 2. The zero-order chi connectivity index (χ0) is 22.7. The van der Waals surface area contributed by atoms with Crippen molar-refractivity contribution in [3.8, 4) is 11.5 Å². The van der Waals surface area contributed by atoms with Crippen LogP contribution in [0.5, 0.6) is 11.5 Å². The van der Waals surface area contributed by atoms with Gasteiger partial charge in [0, 0.05) is 5.41 Å². The Morgan fingerprint density at radius 1 is 0.515 bits per heavy atom. The van der Waals surface area contributed by atoms with Gasteiger partial charge in [0.2, 0.25) is 0 Å². The monoisotopic (exact) mass is 446 g/mol. The molecule has 2 heteroatoms. The molecule has 0 saturated heterocycles. The van der Waals surface area contributed by atoms with E-state index in [0.717, 1.165) is 12.8 Å². The Morgan fingerprint density at radius 3 is 1.33 bits per heavy atom. The number of hydrogen-bond donors (Lipinski definition) is 2. The average molecular weight is 447 g/mol. The minimum Gasteiger partial charge on any atom is -0.508 e. The minimum atomic E-state index is -0.00919. The quantitative estimate of drug-likeness (QED) is 0.460. The summed E-state index contributed by atoms with van der Waals surface area (Å²) in [7, 11) is 0. The topological polar surface area (TPSA) is 40.5 Å². The molecule has 0 aliphatic heterocycles. The normalized spacial score (nSPS) is 22.7. The fourth-order valence-corrected chi connectivity index (χ4v) is 7.26. The highest BCUT2D eigenvalue weighted by atomic mass is 16.3. The highest BCUT2D eigenvalue weighted by molar-refractivity contribution is 5.50. The van der Waals surface area contributed by atoms with Crippen molar-refractivity contribution in [2.75, 3.05) is 0 Å². The standard InChI is InChI=1S/C31H42O2/c32-29-17-15-25(21-27(29)23-11-5-3-6-12-23)31(19-9-1-2-10-20-31)26-16-18-30(33)28(22-26)24-13-7-4-8-14-24/h15-18,21-24,32-33H,1-14,19-20H2. The molecule has 2 aromatic rings. The van der Waals surface area contributed by atoms with Crippen molar-refractivity contribution in [2.45, 2.75) is 120 Å². The maximum atomic E-state index is 10.8. The van der Waals surface area contributed by atoms with Gasteiger partial charge in [-0.3, -0.25) is 0 Å². The lowest BCUT2D eigenvalue weighted by atomic mass is 9.67. The molecule has 0 radical (unpaired) electrons. The van der Waals surface area contributed by atoms with Crippen molar-refractivity contribution in [3.05, 3.63) is 58.7 Å². The molecule has 0 aromatic heterocycles. The molecular formula is C31H42O2. The van der Waals surface area contributed by atoms with Crippen molar-refractivity contribution in [1.82, 2.24) is 0 Å². The largest absolute Gasteiger partial charge is 0.508 e. The Bertz CT molecular complexity index is 856. The molecule has 3 aliphatic rings. The van der Waals surface area contributed by atoms with E-state index in [4.69, 9.17) is 0 Å². The van der Waals surface area contributed by atoms with Crippen LogP contribution in [-0.2, 0) is 5.41 Å². The fraction of sp³-hybridized carbons (Fsp3) is 0.613. The van der Waals surface area contributed by atoms with Crippen LogP contribution in [0.3, 0.4) is 0 Å². The predicted octanol–water partition coefficient (Wildman–Crippen LogP) is 8.83. The van der Waals surface area contributed by atoms with Gasteiger partial charge in [0.25, 0.3) is 0 Å². The molecule has 3 fully saturated rings. The summed E-state index contributed by atoms with van der Waals surface area (Å²) in [6.45, 7) is 0. The second kappa shape index (κ2) is 10.1. The van der Waals surface area contributed by atoms with Crippen molar-refractivity contribution >= 4 is 0 Å². The second-order valence-electron chi connectivity index (χ2n) is 11.2. The minimum absolute atomic E-state index is 0.00919. The Kier molecular flexibility index (Phi) is 6.99. The highest BCUT2D eigenvalue weighted by Crippen LogP contribution is 2.48. The predicted molar refractivity (Wildman–Crippen MR) is 136 cm³/mol. The van der Waals surface area contributed by atoms with Gasteiger partial charge >= 0.3 is 0 Å². The van der Waals surface area contributed by atoms with Crippen molar-refractivity contribution in [3.63, 3.8) is 0 Å². The van der Waals surface area contributed by atoms with E-state index in [1.165, 1.54) is 112 Å². The number of rotatable bonds is 4. The fourth-order valence-electron chi connectivity index (χ4n) is 7.26.